The van der Waals surface area contributed by atoms with Crippen LogP contribution in [0.5, 0.6) is 0 Å². The third-order valence-electron chi connectivity index (χ3n) is 5.87. The third-order valence-corrected chi connectivity index (χ3v) is 5.87. The molecule has 7 heteroatoms. The summed E-state index contributed by atoms with van der Waals surface area (Å²) in [6.45, 7) is 2.01. The minimum atomic E-state index is -0.382. The highest BCUT2D eigenvalue weighted by molar-refractivity contribution is 6.08. The van der Waals surface area contributed by atoms with E-state index in [-0.39, 0.29) is 23.5 Å². The van der Waals surface area contributed by atoms with Crippen molar-refractivity contribution in [2.45, 2.75) is 32.2 Å². The fraction of sp³-hybridized carbons (Fsp3) is 0.208. The molecule has 1 amide bonds. The molecule has 0 saturated carbocycles. The van der Waals surface area contributed by atoms with Gasteiger partial charge in [-0.05, 0) is 55.2 Å². The number of hydrogen-bond donors (Lipinski definition) is 2. The Labute approximate surface area is 178 Å². The van der Waals surface area contributed by atoms with Crippen molar-refractivity contribution in [3.63, 3.8) is 0 Å². The van der Waals surface area contributed by atoms with Crippen LogP contribution >= 0.6 is 0 Å². The number of anilines is 2. The van der Waals surface area contributed by atoms with E-state index in [1.54, 1.807) is 4.68 Å². The van der Waals surface area contributed by atoms with Gasteiger partial charge >= 0.3 is 0 Å². The van der Waals surface area contributed by atoms with Gasteiger partial charge in [-0.2, -0.15) is 5.10 Å². The molecule has 1 aromatic heterocycles. The lowest BCUT2D eigenvalue weighted by Crippen LogP contribution is -2.32. The van der Waals surface area contributed by atoms with Crippen molar-refractivity contribution in [1.82, 2.24) is 9.78 Å². The van der Waals surface area contributed by atoms with Gasteiger partial charge in [-0.1, -0.05) is 24.3 Å². The van der Waals surface area contributed by atoms with Gasteiger partial charge in [0.05, 0.1) is 6.20 Å². The van der Waals surface area contributed by atoms with Crippen LogP contribution in [0.1, 0.15) is 46.8 Å². The molecule has 0 bridgehead atoms. The number of allylic oxidation sites excluding steroid dienone is 2. The van der Waals surface area contributed by atoms with Crippen molar-refractivity contribution in [2.75, 3.05) is 10.6 Å². The van der Waals surface area contributed by atoms with E-state index in [0.29, 0.717) is 23.5 Å². The highest BCUT2D eigenvalue weighted by Gasteiger charge is 2.38. The Bertz CT molecular complexity index is 1230. The van der Waals surface area contributed by atoms with Gasteiger partial charge in [0.25, 0.3) is 5.91 Å². The molecule has 3 aromatic rings. The maximum atomic E-state index is 13.2. The molecule has 2 heterocycles. The molecule has 2 aromatic carbocycles. The Morgan fingerprint density at radius 1 is 1.16 bits per heavy atom. The summed E-state index contributed by atoms with van der Waals surface area (Å²) in [7, 11) is 0. The van der Waals surface area contributed by atoms with Crippen LogP contribution in [0.3, 0.4) is 0 Å². The molecule has 156 valence electrons. The third kappa shape index (κ3) is 3.32. The molecule has 0 fully saturated rings. The summed E-state index contributed by atoms with van der Waals surface area (Å²) >= 11 is 0. The van der Waals surface area contributed by atoms with E-state index in [9.17, 15) is 14.0 Å². The molecule has 1 aliphatic carbocycles. The molecule has 2 aliphatic rings. The quantitative estimate of drug-likeness (QED) is 0.654. The molecule has 1 unspecified atom stereocenters. The Morgan fingerprint density at radius 3 is 2.71 bits per heavy atom. The van der Waals surface area contributed by atoms with E-state index >= 15 is 0 Å². The molecular formula is C24H21FN4O2. The Kier molecular flexibility index (Phi) is 4.66. The van der Waals surface area contributed by atoms with Gasteiger partial charge in [0.2, 0.25) is 0 Å². The second-order valence-corrected chi connectivity index (χ2v) is 7.87. The summed E-state index contributed by atoms with van der Waals surface area (Å²) in [5, 5.41) is 10.6. The van der Waals surface area contributed by atoms with Gasteiger partial charge < -0.3 is 10.6 Å². The molecule has 5 rings (SSSR count). The van der Waals surface area contributed by atoms with Crippen LogP contribution in [0, 0.1) is 12.7 Å². The van der Waals surface area contributed by atoms with Crippen molar-refractivity contribution < 1.29 is 14.0 Å². The van der Waals surface area contributed by atoms with Gasteiger partial charge in [-0.3, -0.25) is 9.59 Å². The van der Waals surface area contributed by atoms with Gasteiger partial charge in [0.1, 0.15) is 23.2 Å². The Hall–Kier alpha value is -3.74. The molecule has 2 N–H and O–H groups in total. The average molecular weight is 416 g/mol. The molecule has 1 atom stereocenters. The number of benzene rings is 2. The van der Waals surface area contributed by atoms with E-state index < -0.39 is 0 Å². The fourth-order valence-electron chi connectivity index (χ4n) is 4.34. The fourth-order valence-corrected chi connectivity index (χ4v) is 4.34. The number of aromatic nitrogens is 2. The normalized spacial score (nSPS) is 17.6. The lowest BCUT2D eigenvalue weighted by Gasteiger charge is -2.34. The van der Waals surface area contributed by atoms with Gasteiger partial charge in [-0.15, -0.1) is 0 Å². The molecule has 6 nitrogen and oxygen atoms in total. The van der Waals surface area contributed by atoms with E-state index in [1.807, 2.05) is 31.2 Å². The number of rotatable bonds is 3. The van der Waals surface area contributed by atoms with Crippen LogP contribution in [0.2, 0.25) is 0 Å². The van der Waals surface area contributed by atoms with Crippen LogP contribution in [0.15, 0.2) is 66.0 Å². The van der Waals surface area contributed by atoms with Crippen molar-refractivity contribution >= 4 is 23.2 Å². The van der Waals surface area contributed by atoms with Crippen LogP contribution in [0.4, 0.5) is 15.9 Å². The number of nitrogens with one attached hydrogen (secondary N) is 2. The number of carbonyl (C=O) groups is 2. The highest BCUT2D eigenvalue weighted by atomic mass is 19.1. The summed E-state index contributed by atoms with van der Waals surface area (Å²) in [4.78, 5) is 25.9. The first-order valence-corrected chi connectivity index (χ1v) is 10.3. The van der Waals surface area contributed by atoms with E-state index in [0.717, 1.165) is 35.2 Å². The minimum Gasteiger partial charge on any atom is -0.343 e. The van der Waals surface area contributed by atoms with E-state index in [1.165, 1.54) is 30.5 Å². The van der Waals surface area contributed by atoms with Gasteiger partial charge in [-0.25, -0.2) is 9.07 Å². The zero-order valence-electron chi connectivity index (χ0n) is 17.0. The predicted octanol–water partition coefficient (Wildman–Crippen LogP) is 4.60. The minimum absolute atomic E-state index is 0.112. The first kappa shape index (κ1) is 19.2. The molecule has 0 radical (unpaired) electrons. The number of Topliss-reactive ketones (excluding diaryl/α,β-unsaturated/α-hetero) is 1. The lowest BCUT2D eigenvalue weighted by atomic mass is 9.84. The number of fused-ring (bicyclic) bond motifs is 1. The second-order valence-electron chi connectivity index (χ2n) is 7.87. The standard InChI is InChI=1S/C24H21FN4O2/c1-14-5-2-3-6-17(14)22-21-19(7-4-8-20(21)30)28-23-18(13-26-29(22)23)24(31)27-16-11-9-15(25)10-12-16/h2-3,5-6,9-13,22,28H,4,7-8H2,1H3,(H,27,31). The smallest absolute Gasteiger partial charge is 0.261 e. The monoisotopic (exact) mass is 416 g/mol. The van der Waals surface area contributed by atoms with E-state index in [2.05, 4.69) is 15.7 Å². The lowest BCUT2D eigenvalue weighted by molar-refractivity contribution is -0.116. The average Bonchev–Trinajstić information content (AvgIpc) is 3.18. The van der Waals surface area contributed by atoms with Crippen LogP contribution < -0.4 is 10.6 Å². The number of amides is 1. The maximum Gasteiger partial charge on any atom is 0.261 e. The first-order chi connectivity index (χ1) is 15.0. The predicted molar refractivity (Wildman–Crippen MR) is 115 cm³/mol. The zero-order chi connectivity index (χ0) is 21.5. The molecule has 0 spiro atoms. The summed E-state index contributed by atoms with van der Waals surface area (Å²) < 4.78 is 14.9. The molecular weight excluding hydrogens is 395 g/mol. The number of halogens is 1. The summed E-state index contributed by atoms with van der Waals surface area (Å²) in [5.74, 6) is -0.0538. The summed E-state index contributed by atoms with van der Waals surface area (Å²) in [6, 6.07) is 13.1. The zero-order valence-corrected chi connectivity index (χ0v) is 17.0. The van der Waals surface area contributed by atoms with Gasteiger partial charge in [0.15, 0.2) is 5.78 Å². The topological polar surface area (TPSA) is 76.0 Å². The number of carbonyl (C=O) groups excluding carboxylic acids is 2. The number of hydrogen-bond acceptors (Lipinski definition) is 4. The maximum absolute atomic E-state index is 13.2. The molecule has 31 heavy (non-hydrogen) atoms. The van der Waals surface area contributed by atoms with Crippen LogP contribution in [0.25, 0.3) is 0 Å². The summed E-state index contributed by atoms with van der Waals surface area (Å²) in [5.41, 5.74) is 4.48. The van der Waals surface area contributed by atoms with Crippen LogP contribution in [-0.2, 0) is 4.79 Å². The SMILES string of the molecule is Cc1ccccc1C1C2=C(CCCC2=O)Nc2c(C(=O)Nc3ccc(F)cc3)cnn21. The molecule has 0 saturated heterocycles. The number of ketones is 1. The molecule has 1 aliphatic heterocycles. The summed E-state index contributed by atoms with van der Waals surface area (Å²) in [6.07, 6.45) is 3.54. The Morgan fingerprint density at radius 2 is 1.94 bits per heavy atom. The number of nitrogens with zero attached hydrogens (tertiary/aromatic N) is 2. The van der Waals surface area contributed by atoms with Crippen molar-refractivity contribution in [3.8, 4) is 0 Å². The van der Waals surface area contributed by atoms with E-state index in [4.69, 9.17) is 0 Å². The van der Waals surface area contributed by atoms with Crippen LogP contribution in [-0.4, -0.2) is 21.5 Å². The first-order valence-electron chi connectivity index (χ1n) is 10.3. The number of aryl methyl sites for hydroxylation is 1. The second kappa shape index (κ2) is 7.50. The van der Waals surface area contributed by atoms with Crippen molar-refractivity contribution in [1.29, 1.82) is 0 Å². The largest absolute Gasteiger partial charge is 0.343 e. The highest BCUT2D eigenvalue weighted by Crippen LogP contribution is 2.42. The Balaban J connectivity index is 1.58. The van der Waals surface area contributed by atoms with Gasteiger partial charge in [0, 0.05) is 23.4 Å². The van der Waals surface area contributed by atoms with Crippen molar-refractivity contribution in [3.05, 3.63) is 88.5 Å². The van der Waals surface area contributed by atoms with Crippen molar-refractivity contribution in [2.24, 2.45) is 0 Å².